The molecule has 0 aliphatic carbocycles. The van der Waals surface area contributed by atoms with E-state index in [1.807, 2.05) is 22.9 Å². The number of nitrogens with zero attached hydrogens (tertiary/aromatic N) is 4. The third-order valence-electron chi connectivity index (χ3n) is 4.28. The molecule has 0 radical (unpaired) electrons. The van der Waals surface area contributed by atoms with Gasteiger partial charge in [-0.25, -0.2) is 4.68 Å². The van der Waals surface area contributed by atoms with Crippen LogP contribution in [0.5, 0.6) is 0 Å². The molecule has 0 unspecified atom stereocenters. The SMILES string of the molecule is NCCn1cc(-n2cc(C3CNNC3)c3ccc(Cl)c(Cl)c32)nn1. The molecule has 0 atom stereocenters. The summed E-state index contributed by atoms with van der Waals surface area (Å²) in [5, 5.41) is 10.5. The van der Waals surface area contributed by atoms with E-state index in [2.05, 4.69) is 27.4 Å². The van der Waals surface area contributed by atoms with Crippen molar-refractivity contribution < 1.29 is 0 Å². The van der Waals surface area contributed by atoms with Gasteiger partial charge in [-0.3, -0.25) is 15.4 Å². The molecule has 1 aromatic carbocycles. The van der Waals surface area contributed by atoms with Crippen LogP contribution in [0.4, 0.5) is 0 Å². The normalized spacial score (nSPS) is 15.6. The van der Waals surface area contributed by atoms with Crippen LogP contribution in [0, 0.1) is 0 Å². The molecule has 24 heavy (non-hydrogen) atoms. The lowest BCUT2D eigenvalue weighted by molar-refractivity contribution is 0.598. The molecular weight excluding hydrogens is 349 g/mol. The first-order chi connectivity index (χ1) is 11.7. The number of nitrogens with two attached hydrogens (primary N) is 1. The zero-order valence-electron chi connectivity index (χ0n) is 12.8. The number of hydrazine groups is 1. The second-order valence-electron chi connectivity index (χ2n) is 5.80. The Morgan fingerprint density at radius 2 is 2.00 bits per heavy atom. The van der Waals surface area contributed by atoms with Gasteiger partial charge in [0, 0.05) is 37.1 Å². The van der Waals surface area contributed by atoms with Crippen molar-refractivity contribution in [3.63, 3.8) is 0 Å². The number of hydrogen-bond donors (Lipinski definition) is 3. The molecule has 0 saturated carbocycles. The molecule has 9 heteroatoms. The molecule has 1 aliphatic rings. The maximum Gasteiger partial charge on any atom is 0.179 e. The average Bonchev–Trinajstić information content (AvgIpc) is 3.29. The van der Waals surface area contributed by atoms with Crippen LogP contribution in [0.25, 0.3) is 16.7 Å². The number of benzene rings is 1. The van der Waals surface area contributed by atoms with Crippen molar-refractivity contribution >= 4 is 34.1 Å². The van der Waals surface area contributed by atoms with Crippen LogP contribution in [0.15, 0.2) is 24.5 Å². The van der Waals surface area contributed by atoms with E-state index in [0.29, 0.717) is 34.9 Å². The van der Waals surface area contributed by atoms with Crippen LogP contribution in [-0.2, 0) is 6.54 Å². The van der Waals surface area contributed by atoms with Gasteiger partial charge < -0.3 is 5.73 Å². The molecule has 2 aromatic heterocycles. The van der Waals surface area contributed by atoms with Gasteiger partial charge in [-0.05, 0) is 11.6 Å². The molecule has 3 aromatic rings. The van der Waals surface area contributed by atoms with E-state index in [4.69, 9.17) is 28.9 Å². The molecule has 126 valence electrons. The Kier molecular flexibility index (Phi) is 4.19. The van der Waals surface area contributed by atoms with Crippen molar-refractivity contribution in [2.75, 3.05) is 19.6 Å². The van der Waals surface area contributed by atoms with Gasteiger partial charge in [-0.1, -0.05) is 34.5 Å². The predicted octanol–water partition coefficient (Wildman–Crippen LogP) is 1.68. The highest BCUT2D eigenvalue weighted by Crippen LogP contribution is 2.37. The number of aromatic nitrogens is 4. The fraction of sp³-hybridized carbons (Fsp3) is 0.333. The van der Waals surface area contributed by atoms with Gasteiger partial charge in [0.1, 0.15) is 0 Å². The van der Waals surface area contributed by atoms with E-state index in [0.717, 1.165) is 24.0 Å². The first-order valence-electron chi connectivity index (χ1n) is 7.74. The lowest BCUT2D eigenvalue weighted by Crippen LogP contribution is -2.21. The van der Waals surface area contributed by atoms with Crippen LogP contribution >= 0.6 is 23.2 Å². The van der Waals surface area contributed by atoms with Gasteiger partial charge in [0.15, 0.2) is 5.82 Å². The quantitative estimate of drug-likeness (QED) is 0.654. The van der Waals surface area contributed by atoms with E-state index in [9.17, 15) is 0 Å². The topological polar surface area (TPSA) is 85.7 Å². The molecule has 0 amide bonds. The van der Waals surface area contributed by atoms with E-state index >= 15 is 0 Å². The number of hydrogen-bond acceptors (Lipinski definition) is 5. The van der Waals surface area contributed by atoms with Gasteiger partial charge in [0.25, 0.3) is 0 Å². The van der Waals surface area contributed by atoms with Crippen molar-refractivity contribution in [2.24, 2.45) is 5.73 Å². The summed E-state index contributed by atoms with van der Waals surface area (Å²) in [6.45, 7) is 2.84. The summed E-state index contributed by atoms with van der Waals surface area (Å²) in [7, 11) is 0. The Labute approximate surface area is 148 Å². The molecule has 1 saturated heterocycles. The molecule has 1 aliphatic heterocycles. The Balaban J connectivity index is 1.91. The highest BCUT2D eigenvalue weighted by atomic mass is 35.5. The Bertz CT molecular complexity index is 879. The number of nitrogens with one attached hydrogen (secondary N) is 2. The van der Waals surface area contributed by atoms with E-state index < -0.39 is 0 Å². The third kappa shape index (κ3) is 2.58. The first kappa shape index (κ1) is 15.9. The van der Waals surface area contributed by atoms with Gasteiger partial charge in [-0.15, -0.1) is 5.10 Å². The van der Waals surface area contributed by atoms with Crippen molar-refractivity contribution in [2.45, 2.75) is 12.5 Å². The van der Waals surface area contributed by atoms with Crippen molar-refractivity contribution in [1.29, 1.82) is 0 Å². The fourth-order valence-electron chi connectivity index (χ4n) is 3.11. The molecule has 3 heterocycles. The summed E-state index contributed by atoms with van der Waals surface area (Å²) in [5.74, 6) is 1.05. The number of fused-ring (bicyclic) bond motifs is 1. The highest BCUT2D eigenvalue weighted by Gasteiger charge is 2.24. The van der Waals surface area contributed by atoms with Crippen molar-refractivity contribution in [1.82, 2.24) is 30.4 Å². The zero-order chi connectivity index (χ0) is 16.7. The van der Waals surface area contributed by atoms with Crippen LogP contribution in [0.1, 0.15) is 11.5 Å². The summed E-state index contributed by atoms with van der Waals surface area (Å²) < 4.78 is 3.68. The minimum absolute atomic E-state index is 0.352. The molecular formula is C15H17Cl2N7. The van der Waals surface area contributed by atoms with Crippen LogP contribution in [0.2, 0.25) is 10.0 Å². The third-order valence-corrected chi connectivity index (χ3v) is 5.08. The van der Waals surface area contributed by atoms with E-state index in [-0.39, 0.29) is 0 Å². The van der Waals surface area contributed by atoms with Crippen molar-refractivity contribution in [3.8, 4) is 5.82 Å². The predicted molar refractivity (Wildman–Crippen MR) is 94.7 cm³/mol. The molecule has 7 nitrogen and oxygen atoms in total. The zero-order valence-corrected chi connectivity index (χ0v) is 14.3. The largest absolute Gasteiger partial charge is 0.329 e. The Morgan fingerprint density at radius 3 is 2.75 bits per heavy atom. The Morgan fingerprint density at radius 1 is 1.21 bits per heavy atom. The summed E-state index contributed by atoms with van der Waals surface area (Å²) >= 11 is 12.8. The summed E-state index contributed by atoms with van der Waals surface area (Å²) in [6, 6.07) is 3.85. The molecule has 4 rings (SSSR count). The highest BCUT2D eigenvalue weighted by molar-refractivity contribution is 6.45. The van der Waals surface area contributed by atoms with Gasteiger partial charge in [0.2, 0.25) is 0 Å². The van der Waals surface area contributed by atoms with Gasteiger partial charge in [0.05, 0.1) is 28.3 Å². The lowest BCUT2D eigenvalue weighted by Gasteiger charge is -2.06. The van der Waals surface area contributed by atoms with Crippen LogP contribution < -0.4 is 16.6 Å². The number of rotatable bonds is 4. The maximum absolute atomic E-state index is 6.51. The second-order valence-corrected chi connectivity index (χ2v) is 6.58. The fourth-order valence-corrected chi connectivity index (χ4v) is 3.52. The molecule has 1 fully saturated rings. The maximum atomic E-state index is 6.51. The van der Waals surface area contributed by atoms with Crippen molar-refractivity contribution in [3.05, 3.63) is 40.1 Å². The first-order valence-corrected chi connectivity index (χ1v) is 8.50. The van der Waals surface area contributed by atoms with Crippen LogP contribution in [-0.4, -0.2) is 39.2 Å². The smallest absolute Gasteiger partial charge is 0.179 e. The monoisotopic (exact) mass is 365 g/mol. The molecule has 0 spiro atoms. The lowest BCUT2D eigenvalue weighted by atomic mass is 10.00. The van der Waals surface area contributed by atoms with Gasteiger partial charge >= 0.3 is 0 Å². The standard InChI is InChI=1S/C15H17Cl2N7/c16-12-2-1-10-11(9-5-19-20-6-9)7-24(15(10)14(12)17)13-8-23(4-3-18)22-21-13/h1-2,7-9,19-20H,3-6,18H2. The summed E-state index contributed by atoms with van der Waals surface area (Å²) in [5.41, 5.74) is 14.0. The average molecular weight is 366 g/mol. The minimum atomic E-state index is 0.352. The van der Waals surface area contributed by atoms with E-state index in [1.54, 1.807) is 4.68 Å². The second kappa shape index (κ2) is 6.34. The summed E-state index contributed by atoms with van der Waals surface area (Å²) in [4.78, 5) is 0. The summed E-state index contributed by atoms with van der Waals surface area (Å²) in [6.07, 6.45) is 3.93. The number of halogens is 2. The van der Waals surface area contributed by atoms with Gasteiger partial charge in [-0.2, -0.15) is 0 Å². The minimum Gasteiger partial charge on any atom is -0.329 e. The molecule has 4 N–H and O–H groups in total. The Hall–Kier alpha value is -1.64. The van der Waals surface area contributed by atoms with E-state index in [1.165, 1.54) is 5.56 Å². The molecule has 0 bridgehead atoms. The van der Waals surface area contributed by atoms with Crippen LogP contribution in [0.3, 0.4) is 0 Å².